The molecule has 5 nitrogen and oxygen atoms in total. The summed E-state index contributed by atoms with van der Waals surface area (Å²) >= 11 is 5.95. The van der Waals surface area contributed by atoms with Gasteiger partial charge < -0.3 is 10.2 Å². The lowest BCUT2D eigenvalue weighted by molar-refractivity contribution is -0.131. The third-order valence-corrected chi connectivity index (χ3v) is 4.60. The first-order valence-electron chi connectivity index (χ1n) is 8.59. The molecule has 132 valence electrons. The standard InChI is InChI=1S/C18H26ClN3O2/c1-3-6-17(23)22-10-5-9-21(11-12-22)14(2)18(24)20-16-8-4-7-15(19)13-16/h4,7-8,13-14H,3,5-6,9-12H2,1-2H3,(H,20,24). The van der Waals surface area contributed by atoms with E-state index in [9.17, 15) is 9.59 Å². The van der Waals surface area contributed by atoms with Crippen LogP contribution in [-0.4, -0.2) is 53.8 Å². The average Bonchev–Trinajstić information content (AvgIpc) is 2.80. The molecule has 0 aliphatic carbocycles. The van der Waals surface area contributed by atoms with E-state index in [-0.39, 0.29) is 17.9 Å². The molecule has 2 amide bonds. The topological polar surface area (TPSA) is 52.7 Å². The van der Waals surface area contributed by atoms with Gasteiger partial charge in [0.15, 0.2) is 0 Å². The van der Waals surface area contributed by atoms with Gasteiger partial charge in [0.25, 0.3) is 0 Å². The van der Waals surface area contributed by atoms with Crippen molar-refractivity contribution in [2.45, 2.75) is 39.2 Å². The lowest BCUT2D eigenvalue weighted by Crippen LogP contribution is -2.44. The molecule has 0 bridgehead atoms. The summed E-state index contributed by atoms with van der Waals surface area (Å²) < 4.78 is 0. The summed E-state index contributed by atoms with van der Waals surface area (Å²) in [5.74, 6) is 0.168. The molecule has 1 N–H and O–H groups in total. The minimum absolute atomic E-state index is 0.0504. The zero-order valence-corrected chi connectivity index (χ0v) is 15.2. The average molecular weight is 352 g/mol. The second-order valence-corrected chi connectivity index (χ2v) is 6.63. The number of hydrogen-bond donors (Lipinski definition) is 1. The van der Waals surface area contributed by atoms with Crippen LogP contribution >= 0.6 is 11.6 Å². The number of rotatable bonds is 5. The van der Waals surface area contributed by atoms with Crippen LogP contribution in [0.4, 0.5) is 5.69 Å². The van der Waals surface area contributed by atoms with Crippen molar-refractivity contribution in [2.75, 3.05) is 31.5 Å². The van der Waals surface area contributed by atoms with Gasteiger partial charge in [-0.3, -0.25) is 14.5 Å². The molecule has 1 fully saturated rings. The second-order valence-electron chi connectivity index (χ2n) is 6.20. The summed E-state index contributed by atoms with van der Waals surface area (Å²) in [7, 11) is 0. The van der Waals surface area contributed by atoms with E-state index in [1.165, 1.54) is 0 Å². The summed E-state index contributed by atoms with van der Waals surface area (Å²) in [5.41, 5.74) is 0.703. The Morgan fingerprint density at radius 2 is 2.04 bits per heavy atom. The smallest absolute Gasteiger partial charge is 0.241 e. The molecular formula is C18H26ClN3O2. The van der Waals surface area contributed by atoms with E-state index in [4.69, 9.17) is 11.6 Å². The zero-order valence-electron chi connectivity index (χ0n) is 14.4. The van der Waals surface area contributed by atoms with Crippen LogP contribution in [-0.2, 0) is 9.59 Å². The Labute approximate surface area is 149 Å². The van der Waals surface area contributed by atoms with E-state index < -0.39 is 0 Å². The number of carbonyl (C=O) groups excluding carboxylic acids is 2. The molecule has 2 rings (SSSR count). The molecule has 0 aromatic heterocycles. The SMILES string of the molecule is CCCC(=O)N1CCCN(C(C)C(=O)Nc2cccc(Cl)c2)CC1. The van der Waals surface area contributed by atoms with Crippen molar-refractivity contribution in [3.8, 4) is 0 Å². The van der Waals surface area contributed by atoms with Crippen molar-refractivity contribution < 1.29 is 9.59 Å². The quantitative estimate of drug-likeness (QED) is 0.887. The van der Waals surface area contributed by atoms with Gasteiger partial charge in [-0.1, -0.05) is 24.6 Å². The molecule has 1 heterocycles. The fourth-order valence-corrected chi connectivity index (χ4v) is 3.12. The van der Waals surface area contributed by atoms with Crippen molar-refractivity contribution in [1.29, 1.82) is 0 Å². The first kappa shape index (κ1) is 18.7. The maximum atomic E-state index is 12.5. The molecule has 1 saturated heterocycles. The summed E-state index contributed by atoms with van der Waals surface area (Å²) in [5, 5.41) is 3.51. The molecule has 6 heteroatoms. The van der Waals surface area contributed by atoms with Crippen molar-refractivity contribution in [3.63, 3.8) is 0 Å². The molecule has 1 aromatic rings. The zero-order chi connectivity index (χ0) is 17.5. The van der Waals surface area contributed by atoms with Crippen LogP contribution in [0.15, 0.2) is 24.3 Å². The summed E-state index contributed by atoms with van der Waals surface area (Å²) in [4.78, 5) is 28.6. The van der Waals surface area contributed by atoms with Crippen LogP contribution in [0.1, 0.15) is 33.1 Å². The van der Waals surface area contributed by atoms with Crippen molar-refractivity contribution in [2.24, 2.45) is 0 Å². The van der Waals surface area contributed by atoms with E-state index in [1.54, 1.807) is 12.1 Å². The van der Waals surface area contributed by atoms with E-state index in [2.05, 4.69) is 10.2 Å². The first-order chi connectivity index (χ1) is 11.5. The summed E-state index contributed by atoms with van der Waals surface area (Å²) in [6.07, 6.45) is 2.37. The minimum Gasteiger partial charge on any atom is -0.341 e. The number of anilines is 1. The normalized spacial score (nSPS) is 17.2. The molecule has 0 saturated carbocycles. The van der Waals surface area contributed by atoms with Gasteiger partial charge in [-0.2, -0.15) is 0 Å². The largest absolute Gasteiger partial charge is 0.341 e. The van der Waals surface area contributed by atoms with Crippen LogP contribution in [0.25, 0.3) is 0 Å². The van der Waals surface area contributed by atoms with Gasteiger partial charge in [-0.15, -0.1) is 0 Å². The van der Waals surface area contributed by atoms with Crippen LogP contribution in [0.2, 0.25) is 5.02 Å². The fraction of sp³-hybridized carbons (Fsp3) is 0.556. The van der Waals surface area contributed by atoms with Crippen LogP contribution in [0, 0.1) is 0 Å². The van der Waals surface area contributed by atoms with Gasteiger partial charge in [-0.25, -0.2) is 0 Å². The Kier molecular flexibility index (Phi) is 7.06. The third kappa shape index (κ3) is 5.21. The number of nitrogens with one attached hydrogen (secondary N) is 1. The number of carbonyl (C=O) groups is 2. The number of hydrogen-bond acceptors (Lipinski definition) is 3. The molecule has 1 atom stereocenters. The fourth-order valence-electron chi connectivity index (χ4n) is 2.92. The monoisotopic (exact) mass is 351 g/mol. The van der Waals surface area contributed by atoms with E-state index in [0.29, 0.717) is 23.7 Å². The molecule has 1 unspecified atom stereocenters. The maximum Gasteiger partial charge on any atom is 0.241 e. The molecule has 1 aliphatic rings. The van der Waals surface area contributed by atoms with Crippen molar-refractivity contribution >= 4 is 29.1 Å². The van der Waals surface area contributed by atoms with Crippen LogP contribution in [0.3, 0.4) is 0 Å². The van der Waals surface area contributed by atoms with E-state index in [1.807, 2.05) is 30.9 Å². The molecule has 1 aromatic carbocycles. The highest BCUT2D eigenvalue weighted by Crippen LogP contribution is 2.16. The Bertz CT molecular complexity index is 579. The molecule has 0 radical (unpaired) electrons. The van der Waals surface area contributed by atoms with Gasteiger partial charge in [-0.05, 0) is 38.0 Å². The molecular weight excluding hydrogens is 326 g/mol. The van der Waals surface area contributed by atoms with Crippen molar-refractivity contribution in [3.05, 3.63) is 29.3 Å². The van der Waals surface area contributed by atoms with Gasteiger partial charge in [0.05, 0.1) is 6.04 Å². The predicted octanol–water partition coefficient (Wildman–Crippen LogP) is 3.00. The maximum absolute atomic E-state index is 12.5. The number of benzene rings is 1. The molecule has 0 spiro atoms. The van der Waals surface area contributed by atoms with Gasteiger partial charge in [0.1, 0.15) is 0 Å². The number of amides is 2. The highest BCUT2D eigenvalue weighted by Gasteiger charge is 2.25. The first-order valence-corrected chi connectivity index (χ1v) is 8.97. The Morgan fingerprint density at radius 3 is 2.75 bits per heavy atom. The van der Waals surface area contributed by atoms with Gasteiger partial charge in [0, 0.05) is 43.3 Å². The highest BCUT2D eigenvalue weighted by atomic mass is 35.5. The summed E-state index contributed by atoms with van der Waals surface area (Å²) in [6, 6.07) is 6.90. The van der Waals surface area contributed by atoms with E-state index >= 15 is 0 Å². The van der Waals surface area contributed by atoms with E-state index in [0.717, 1.165) is 32.5 Å². The minimum atomic E-state index is -0.245. The van der Waals surface area contributed by atoms with Gasteiger partial charge >= 0.3 is 0 Å². The second kappa shape index (κ2) is 9.04. The molecule has 1 aliphatic heterocycles. The highest BCUT2D eigenvalue weighted by molar-refractivity contribution is 6.30. The van der Waals surface area contributed by atoms with Crippen molar-refractivity contribution in [1.82, 2.24) is 9.80 Å². The Morgan fingerprint density at radius 1 is 1.25 bits per heavy atom. The van der Waals surface area contributed by atoms with Gasteiger partial charge in [0.2, 0.25) is 11.8 Å². The lowest BCUT2D eigenvalue weighted by atomic mass is 10.2. The van der Waals surface area contributed by atoms with Crippen LogP contribution < -0.4 is 5.32 Å². The lowest BCUT2D eigenvalue weighted by Gasteiger charge is -2.27. The number of halogens is 1. The third-order valence-electron chi connectivity index (χ3n) is 4.37. The van der Waals surface area contributed by atoms with Crippen LogP contribution in [0.5, 0.6) is 0 Å². The molecule has 24 heavy (non-hydrogen) atoms. The summed E-state index contributed by atoms with van der Waals surface area (Å²) in [6.45, 7) is 6.93. The Hall–Kier alpha value is -1.59. The number of nitrogens with zero attached hydrogens (tertiary/aromatic N) is 2. The Balaban J connectivity index is 1.90. The predicted molar refractivity (Wildman–Crippen MR) is 97.2 cm³/mol.